The first kappa shape index (κ1) is 20.2. The zero-order valence-electron chi connectivity index (χ0n) is 17.1. The van der Waals surface area contributed by atoms with E-state index < -0.39 is 0 Å². The fraction of sp³-hybridized carbons (Fsp3) is 0.0769. The third-order valence-electron chi connectivity index (χ3n) is 4.70. The van der Waals surface area contributed by atoms with Crippen molar-refractivity contribution in [3.05, 3.63) is 114 Å². The molecule has 0 saturated heterocycles. The van der Waals surface area contributed by atoms with Gasteiger partial charge in [0.25, 0.3) is 5.91 Å². The Hall–Kier alpha value is -4.12. The van der Waals surface area contributed by atoms with Crippen molar-refractivity contribution in [1.82, 2.24) is 5.43 Å². The van der Waals surface area contributed by atoms with Crippen molar-refractivity contribution in [3.8, 4) is 16.9 Å². The average Bonchev–Trinajstić information content (AvgIpc) is 3.23. The van der Waals surface area contributed by atoms with Gasteiger partial charge in [-0.3, -0.25) is 4.79 Å². The second-order valence-electron chi connectivity index (χ2n) is 7.00. The Kier molecular flexibility index (Phi) is 6.24. The fourth-order valence-corrected chi connectivity index (χ4v) is 3.10. The molecule has 0 aliphatic rings. The number of rotatable bonds is 7. The highest BCUT2D eigenvalue weighted by Gasteiger charge is 2.07. The third-order valence-corrected chi connectivity index (χ3v) is 4.70. The highest BCUT2D eigenvalue weighted by molar-refractivity contribution is 5.94. The zero-order chi connectivity index (χ0) is 21.5. The number of benzene rings is 3. The second-order valence-corrected chi connectivity index (χ2v) is 7.00. The number of carbonyl (C=O) groups is 1. The molecule has 3 aromatic carbocycles. The van der Waals surface area contributed by atoms with Crippen molar-refractivity contribution >= 4 is 12.1 Å². The van der Waals surface area contributed by atoms with Gasteiger partial charge in [-0.15, -0.1) is 0 Å². The lowest BCUT2D eigenvalue weighted by atomic mass is 10.0. The lowest BCUT2D eigenvalue weighted by Crippen LogP contribution is -2.17. The maximum atomic E-state index is 12.2. The molecule has 0 unspecified atom stereocenters. The molecule has 0 aliphatic carbocycles. The van der Waals surface area contributed by atoms with Gasteiger partial charge in [0.05, 0.1) is 6.21 Å². The summed E-state index contributed by atoms with van der Waals surface area (Å²) < 4.78 is 11.4. The first-order valence-corrected chi connectivity index (χ1v) is 9.95. The van der Waals surface area contributed by atoms with E-state index in [4.69, 9.17) is 9.15 Å². The summed E-state index contributed by atoms with van der Waals surface area (Å²) in [7, 11) is 0. The highest BCUT2D eigenvalue weighted by Crippen LogP contribution is 2.30. The number of hydrazone groups is 1. The molecule has 1 heterocycles. The Morgan fingerprint density at radius 3 is 2.42 bits per heavy atom. The van der Waals surface area contributed by atoms with Gasteiger partial charge in [0.2, 0.25) is 0 Å². The fourth-order valence-electron chi connectivity index (χ4n) is 3.10. The number of hydrogen-bond donors (Lipinski definition) is 1. The van der Waals surface area contributed by atoms with Crippen LogP contribution in [0.1, 0.15) is 27.4 Å². The Bertz CT molecular complexity index is 1180. The minimum absolute atomic E-state index is 0.290. The van der Waals surface area contributed by atoms with Crippen LogP contribution in [-0.4, -0.2) is 12.1 Å². The minimum atomic E-state index is -0.290. The molecule has 154 valence electrons. The van der Waals surface area contributed by atoms with E-state index in [1.165, 1.54) is 6.21 Å². The normalized spacial score (nSPS) is 10.9. The predicted molar refractivity (Wildman–Crippen MR) is 121 cm³/mol. The Balaban J connectivity index is 1.36. The largest absolute Gasteiger partial charge is 0.488 e. The van der Waals surface area contributed by atoms with E-state index in [1.807, 2.05) is 67.6 Å². The molecule has 1 N–H and O–H groups in total. The summed E-state index contributed by atoms with van der Waals surface area (Å²) in [4.78, 5) is 12.2. The van der Waals surface area contributed by atoms with Crippen LogP contribution < -0.4 is 10.2 Å². The molecular formula is C26H22N2O3. The van der Waals surface area contributed by atoms with Gasteiger partial charge >= 0.3 is 0 Å². The van der Waals surface area contributed by atoms with Crippen LogP contribution in [0.15, 0.2) is 101 Å². The average molecular weight is 410 g/mol. The maximum absolute atomic E-state index is 12.2. The topological polar surface area (TPSA) is 63.8 Å². The van der Waals surface area contributed by atoms with Crippen LogP contribution in [0.25, 0.3) is 11.1 Å². The Morgan fingerprint density at radius 1 is 0.935 bits per heavy atom. The molecule has 0 radical (unpaired) electrons. The molecule has 4 aromatic rings. The van der Waals surface area contributed by atoms with Gasteiger partial charge in [-0.05, 0) is 48.4 Å². The van der Waals surface area contributed by atoms with Gasteiger partial charge in [0.1, 0.15) is 23.9 Å². The first-order valence-electron chi connectivity index (χ1n) is 9.95. The molecular weight excluding hydrogens is 388 g/mol. The van der Waals surface area contributed by atoms with Gasteiger partial charge in [-0.2, -0.15) is 5.10 Å². The molecule has 0 aliphatic heterocycles. The maximum Gasteiger partial charge on any atom is 0.271 e. The van der Waals surface area contributed by atoms with E-state index in [0.29, 0.717) is 17.9 Å². The third kappa shape index (κ3) is 5.28. The number of aryl methyl sites for hydroxylation is 1. The SMILES string of the molecule is Cc1ccc(/C=N\NC(=O)c2ccc(COc3ccccc3-c3ccccc3)cc2)o1. The summed E-state index contributed by atoms with van der Waals surface area (Å²) in [6.07, 6.45) is 1.47. The van der Waals surface area contributed by atoms with Gasteiger partial charge in [0, 0.05) is 11.1 Å². The van der Waals surface area contributed by atoms with Crippen molar-refractivity contribution in [1.29, 1.82) is 0 Å². The van der Waals surface area contributed by atoms with Crippen molar-refractivity contribution < 1.29 is 13.9 Å². The van der Waals surface area contributed by atoms with Crippen molar-refractivity contribution in [2.75, 3.05) is 0 Å². The molecule has 0 spiro atoms. The van der Waals surface area contributed by atoms with Gasteiger partial charge in [0.15, 0.2) is 0 Å². The van der Waals surface area contributed by atoms with E-state index in [-0.39, 0.29) is 5.91 Å². The molecule has 0 saturated carbocycles. The van der Waals surface area contributed by atoms with Crippen LogP contribution in [-0.2, 0) is 6.61 Å². The zero-order valence-corrected chi connectivity index (χ0v) is 17.1. The number of nitrogens with one attached hydrogen (secondary N) is 1. The molecule has 0 atom stereocenters. The predicted octanol–water partition coefficient (Wildman–Crippen LogP) is 5.60. The Morgan fingerprint density at radius 2 is 1.68 bits per heavy atom. The summed E-state index contributed by atoms with van der Waals surface area (Å²) in [5, 5.41) is 3.93. The number of ether oxygens (including phenoxy) is 1. The molecule has 5 nitrogen and oxygen atoms in total. The van der Waals surface area contributed by atoms with Crippen molar-refractivity contribution in [3.63, 3.8) is 0 Å². The number of para-hydroxylation sites is 1. The van der Waals surface area contributed by atoms with Crippen molar-refractivity contribution in [2.45, 2.75) is 13.5 Å². The highest BCUT2D eigenvalue weighted by atomic mass is 16.5. The molecule has 5 heteroatoms. The van der Waals surface area contributed by atoms with Crippen molar-refractivity contribution in [2.24, 2.45) is 5.10 Å². The van der Waals surface area contributed by atoms with Crippen LogP contribution in [0, 0.1) is 6.92 Å². The Labute approximate surface area is 181 Å². The summed E-state index contributed by atoms with van der Waals surface area (Å²) in [6.45, 7) is 2.25. The molecule has 0 bridgehead atoms. The monoisotopic (exact) mass is 410 g/mol. The smallest absolute Gasteiger partial charge is 0.271 e. The number of carbonyl (C=O) groups excluding carboxylic acids is 1. The minimum Gasteiger partial charge on any atom is -0.488 e. The lowest BCUT2D eigenvalue weighted by Gasteiger charge is -2.12. The summed E-state index contributed by atoms with van der Waals surface area (Å²) in [5.41, 5.74) is 6.13. The molecule has 31 heavy (non-hydrogen) atoms. The standard InChI is InChI=1S/C26H22N2O3/c1-19-11-16-23(31-19)17-27-28-26(29)22-14-12-20(13-15-22)18-30-25-10-6-5-9-24(25)21-7-3-2-4-8-21/h2-17H,18H2,1H3,(H,28,29)/b27-17-. The summed E-state index contributed by atoms with van der Waals surface area (Å²) in [5.74, 6) is 1.90. The first-order chi connectivity index (χ1) is 15.2. The molecule has 4 rings (SSSR count). The number of furan rings is 1. The summed E-state index contributed by atoms with van der Waals surface area (Å²) >= 11 is 0. The van der Waals surface area contributed by atoms with Crippen LogP contribution in [0.2, 0.25) is 0 Å². The van der Waals surface area contributed by atoms with E-state index in [0.717, 1.165) is 28.2 Å². The van der Waals surface area contributed by atoms with Gasteiger partial charge < -0.3 is 9.15 Å². The van der Waals surface area contributed by atoms with Crippen LogP contribution in [0.3, 0.4) is 0 Å². The lowest BCUT2D eigenvalue weighted by molar-refractivity contribution is 0.0955. The van der Waals surface area contributed by atoms with E-state index in [1.54, 1.807) is 18.2 Å². The number of hydrogen-bond acceptors (Lipinski definition) is 4. The van der Waals surface area contributed by atoms with Crippen LogP contribution in [0.4, 0.5) is 0 Å². The van der Waals surface area contributed by atoms with E-state index in [2.05, 4.69) is 22.7 Å². The number of nitrogens with zero attached hydrogens (tertiary/aromatic N) is 1. The summed E-state index contributed by atoms with van der Waals surface area (Å²) in [6, 6.07) is 29.0. The molecule has 1 amide bonds. The second kappa shape index (κ2) is 9.59. The molecule has 0 fully saturated rings. The van der Waals surface area contributed by atoms with Gasteiger partial charge in [-0.1, -0.05) is 60.7 Å². The van der Waals surface area contributed by atoms with Crippen LogP contribution in [0.5, 0.6) is 5.75 Å². The van der Waals surface area contributed by atoms with Crippen LogP contribution >= 0.6 is 0 Å². The molecule has 1 aromatic heterocycles. The van der Waals surface area contributed by atoms with Gasteiger partial charge in [-0.25, -0.2) is 5.43 Å². The van der Waals surface area contributed by atoms with E-state index in [9.17, 15) is 4.79 Å². The van der Waals surface area contributed by atoms with E-state index >= 15 is 0 Å². The number of amides is 1. The quantitative estimate of drug-likeness (QED) is 0.319.